The molecule has 0 atom stereocenters. The van der Waals surface area contributed by atoms with E-state index in [2.05, 4.69) is 41.5 Å². The van der Waals surface area contributed by atoms with Crippen LogP contribution in [-0.2, 0) is 4.74 Å². The van der Waals surface area contributed by atoms with Gasteiger partial charge in [0.2, 0.25) is 0 Å². The van der Waals surface area contributed by atoms with E-state index in [1.54, 1.807) is 6.08 Å². The largest absolute Gasteiger partial charge is 0.498 e. The van der Waals surface area contributed by atoms with E-state index in [1.807, 2.05) is 27.7 Å². The Morgan fingerprint density at radius 1 is 1.00 bits per heavy atom. The van der Waals surface area contributed by atoms with Crippen LogP contribution in [0.5, 0.6) is 0 Å². The molecule has 0 heterocycles. The van der Waals surface area contributed by atoms with Crippen LogP contribution < -0.4 is 0 Å². The van der Waals surface area contributed by atoms with Crippen molar-refractivity contribution in [3.05, 3.63) is 25.5 Å². The van der Waals surface area contributed by atoms with Gasteiger partial charge in [-0.3, -0.25) is 0 Å². The molecule has 14 heavy (non-hydrogen) atoms. The Morgan fingerprint density at radius 2 is 1.36 bits per heavy atom. The van der Waals surface area contributed by atoms with E-state index < -0.39 is 0 Å². The second kappa shape index (κ2) is 61.4. The minimum Gasteiger partial charge on any atom is -0.498 e. The third-order valence-corrected chi connectivity index (χ3v) is 0.432. The molecule has 0 N–H and O–H groups in total. The molecule has 0 spiro atoms. The average molecular weight is 200 g/mol. The maximum Gasteiger partial charge on any atom is 0.105 e. The molecule has 0 aliphatic rings. The van der Waals surface area contributed by atoms with E-state index in [-0.39, 0.29) is 0 Å². The predicted octanol–water partition coefficient (Wildman–Crippen LogP) is 3.69. The first-order valence-electron chi connectivity index (χ1n) is 4.58. The Bertz CT molecular complexity index is 97.9. The van der Waals surface area contributed by atoms with Crippen molar-refractivity contribution in [1.29, 1.82) is 0 Å². The van der Waals surface area contributed by atoms with Gasteiger partial charge in [0.15, 0.2) is 0 Å². The fourth-order valence-corrected chi connectivity index (χ4v) is 0.136. The second-order valence-corrected chi connectivity index (χ2v) is 1.07. The van der Waals surface area contributed by atoms with Crippen LogP contribution in [0, 0.1) is 0 Å². The summed E-state index contributed by atoms with van der Waals surface area (Å²) in [6.07, 6.45) is 3.06. The summed E-state index contributed by atoms with van der Waals surface area (Å²) >= 11 is 0. The van der Waals surface area contributed by atoms with Gasteiger partial charge in [0.1, 0.15) is 6.61 Å². The van der Waals surface area contributed by atoms with Crippen LogP contribution in [0.1, 0.15) is 27.7 Å². The molecule has 0 saturated carbocycles. The third-order valence-electron chi connectivity index (χ3n) is 0.432. The fourth-order valence-electron chi connectivity index (χ4n) is 0.136. The number of ether oxygens (including phenoxy) is 1. The summed E-state index contributed by atoms with van der Waals surface area (Å²) < 4.78 is 4.63. The molecule has 0 amide bonds. The Labute approximate surface area is 88.9 Å². The van der Waals surface area contributed by atoms with E-state index in [0.717, 1.165) is 0 Å². The lowest BCUT2D eigenvalue weighted by Crippen LogP contribution is -1.75. The highest BCUT2D eigenvalue weighted by atomic mass is 16.5. The van der Waals surface area contributed by atoms with Crippen LogP contribution in [0.25, 0.3) is 0 Å². The van der Waals surface area contributed by atoms with E-state index in [0.29, 0.717) is 6.61 Å². The summed E-state index contributed by atoms with van der Waals surface area (Å²) in [5, 5.41) is 6.00. The average Bonchev–Trinajstić information content (AvgIpc) is 2.32. The maximum absolute atomic E-state index is 4.63. The van der Waals surface area contributed by atoms with Crippen molar-refractivity contribution in [3.8, 4) is 0 Å². The van der Waals surface area contributed by atoms with E-state index >= 15 is 0 Å². The fraction of sp³-hybridized carbons (Fsp3) is 0.455. The lowest BCUT2D eigenvalue weighted by atomic mass is 10.7. The molecular weight excluding hydrogens is 176 g/mol. The second-order valence-electron chi connectivity index (χ2n) is 1.07. The number of nitrogens with zero attached hydrogens (tertiary/aromatic N) is 2. The van der Waals surface area contributed by atoms with Crippen molar-refractivity contribution < 1.29 is 4.74 Å². The molecule has 0 unspecified atom stereocenters. The van der Waals surface area contributed by atoms with Gasteiger partial charge >= 0.3 is 0 Å². The van der Waals surface area contributed by atoms with E-state index in [1.165, 1.54) is 6.26 Å². The first-order valence-corrected chi connectivity index (χ1v) is 4.58. The molecule has 84 valence electrons. The number of hydrogen-bond acceptors (Lipinski definition) is 3. The lowest BCUT2D eigenvalue weighted by molar-refractivity contribution is 0.291. The van der Waals surface area contributed by atoms with Gasteiger partial charge in [0.05, 0.1) is 6.26 Å². The van der Waals surface area contributed by atoms with Gasteiger partial charge in [0.25, 0.3) is 0 Å². The van der Waals surface area contributed by atoms with Gasteiger partial charge in [-0.2, -0.15) is 10.2 Å². The van der Waals surface area contributed by atoms with Crippen molar-refractivity contribution in [2.75, 3.05) is 6.61 Å². The minimum atomic E-state index is 0.559. The summed E-state index contributed by atoms with van der Waals surface area (Å²) in [6.45, 7) is 21.3. The molecule has 3 heteroatoms. The molecule has 0 aliphatic carbocycles. The Hall–Kier alpha value is -1.38. The molecule has 3 nitrogen and oxygen atoms in total. The summed E-state index contributed by atoms with van der Waals surface area (Å²) in [6, 6.07) is 0. The van der Waals surface area contributed by atoms with Crippen molar-refractivity contribution >= 4 is 13.4 Å². The molecule has 0 fully saturated rings. The zero-order valence-corrected chi connectivity index (χ0v) is 9.99. The van der Waals surface area contributed by atoms with Crippen LogP contribution in [0.3, 0.4) is 0 Å². The maximum atomic E-state index is 4.63. The quantitative estimate of drug-likeness (QED) is 0.224. The molecule has 0 bridgehead atoms. The van der Waals surface area contributed by atoms with Gasteiger partial charge < -0.3 is 4.74 Å². The molecule has 0 saturated heterocycles. The van der Waals surface area contributed by atoms with Crippen molar-refractivity contribution in [1.82, 2.24) is 0 Å². The molecule has 0 aliphatic heterocycles. The predicted molar refractivity (Wildman–Crippen MR) is 68.1 cm³/mol. The van der Waals surface area contributed by atoms with Crippen molar-refractivity contribution in [2.24, 2.45) is 10.2 Å². The van der Waals surface area contributed by atoms with Crippen molar-refractivity contribution in [3.63, 3.8) is 0 Å². The first-order chi connectivity index (χ1) is 6.83. The first kappa shape index (κ1) is 22.9. The molecule has 0 aromatic rings. The van der Waals surface area contributed by atoms with E-state index in [9.17, 15) is 0 Å². The third kappa shape index (κ3) is 143. The van der Waals surface area contributed by atoms with Gasteiger partial charge in [-0.25, -0.2) is 0 Å². The van der Waals surface area contributed by atoms with Crippen LogP contribution >= 0.6 is 0 Å². The zero-order chi connectivity index (χ0) is 12.2. The molecule has 0 radical (unpaired) electrons. The number of rotatable bonds is 4. The highest BCUT2D eigenvalue weighted by molar-refractivity contribution is 5.28. The smallest absolute Gasteiger partial charge is 0.105 e. The summed E-state index contributed by atoms with van der Waals surface area (Å²) in [7, 11) is 0. The highest BCUT2D eigenvalue weighted by Crippen LogP contribution is 1.69. The Balaban J connectivity index is -0.0000000546. The van der Waals surface area contributed by atoms with Gasteiger partial charge in [-0.1, -0.05) is 46.9 Å². The van der Waals surface area contributed by atoms with Crippen LogP contribution in [0.2, 0.25) is 0 Å². The minimum absolute atomic E-state index is 0.559. The zero-order valence-electron chi connectivity index (χ0n) is 9.99. The van der Waals surface area contributed by atoms with Crippen LogP contribution in [0.15, 0.2) is 35.7 Å². The van der Waals surface area contributed by atoms with Crippen LogP contribution in [0.4, 0.5) is 0 Å². The monoisotopic (exact) mass is 200 g/mol. The molecule has 0 aromatic heterocycles. The lowest BCUT2D eigenvalue weighted by Gasteiger charge is -1.86. The standard InChI is InChI=1S/C5H8O.C2H4N2.2C2H6/c1-3-5-6-4-2;1-3-4-2;2*1-2/h3-4H,1-2,5H2;1-2H2;2*1-2H3. The molecule has 0 rings (SSSR count). The summed E-state index contributed by atoms with van der Waals surface area (Å²) in [4.78, 5) is 0. The molecular formula is C11H24N2O. The van der Waals surface area contributed by atoms with Crippen LogP contribution in [-0.4, -0.2) is 20.0 Å². The highest BCUT2D eigenvalue weighted by Gasteiger charge is 1.61. The van der Waals surface area contributed by atoms with Gasteiger partial charge in [0, 0.05) is 13.4 Å². The summed E-state index contributed by atoms with van der Waals surface area (Å²) in [5.74, 6) is 0. The summed E-state index contributed by atoms with van der Waals surface area (Å²) in [5.41, 5.74) is 0. The topological polar surface area (TPSA) is 34.0 Å². The number of hydrogen-bond donors (Lipinski definition) is 0. The van der Waals surface area contributed by atoms with E-state index in [4.69, 9.17) is 0 Å². The van der Waals surface area contributed by atoms with Gasteiger partial charge in [-0.05, 0) is 0 Å². The Kier molecular flexibility index (Phi) is 101. The molecule has 0 aromatic carbocycles. The van der Waals surface area contributed by atoms with Gasteiger partial charge in [-0.15, -0.1) is 0 Å². The normalized spacial score (nSPS) is 5.14. The Morgan fingerprint density at radius 3 is 1.43 bits per heavy atom. The SMILES string of the molecule is C=CCOC=C.C=NN=C.CC.CC. The van der Waals surface area contributed by atoms with Crippen molar-refractivity contribution in [2.45, 2.75) is 27.7 Å².